The molecule has 1 saturated heterocycles. The first kappa shape index (κ1) is 14.7. The topological polar surface area (TPSA) is 32.8 Å². The molecular formula is C17H17FN2O2S. The summed E-state index contributed by atoms with van der Waals surface area (Å²) in [5, 5.41) is 2.06. The molecule has 2 aliphatic heterocycles. The molecule has 1 aromatic carbocycles. The Morgan fingerprint density at radius 2 is 2.22 bits per heavy atom. The van der Waals surface area contributed by atoms with Gasteiger partial charge in [0.1, 0.15) is 17.7 Å². The minimum Gasteiger partial charge on any atom is -0.486 e. The van der Waals surface area contributed by atoms with Crippen LogP contribution in [0.15, 0.2) is 35.7 Å². The fraction of sp³-hybridized carbons (Fsp3) is 0.353. The van der Waals surface area contributed by atoms with Crippen LogP contribution in [0.1, 0.15) is 15.2 Å². The van der Waals surface area contributed by atoms with Crippen LogP contribution in [-0.4, -0.2) is 48.0 Å². The van der Waals surface area contributed by atoms with E-state index in [1.165, 1.54) is 23.1 Å². The average Bonchev–Trinajstić information content (AvgIpc) is 3.15. The molecule has 2 aromatic rings. The third kappa shape index (κ3) is 2.62. The molecule has 120 valence electrons. The van der Waals surface area contributed by atoms with E-state index in [1.54, 1.807) is 23.3 Å². The van der Waals surface area contributed by atoms with Gasteiger partial charge in [-0.1, -0.05) is 6.07 Å². The second kappa shape index (κ2) is 5.62. The van der Waals surface area contributed by atoms with E-state index in [4.69, 9.17) is 4.74 Å². The largest absolute Gasteiger partial charge is 0.486 e. The highest BCUT2D eigenvalue weighted by atomic mass is 32.1. The van der Waals surface area contributed by atoms with Gasteiger partial charge in [0.25, 0.3) is 5.91 Å². The van der Waals surface area contributed by atoms with Gasteiger partial charge in [-0.25, -0.2) is 4.39 Å². The average molecular weight is 332 g/mol. The van der Waals surface area contributed by atoms with Gasteiger partial charge in [-0.3, -0.25) is 9.69 Å². The maximum absolute atomic E-state index is 13.5. The van der Waals surface area contributed by atoms with Crippen LogP contribution in [0.25, 0.3) is 0 Å². The summed E-state index contributed by atoms with van der Waals surface area (Å²) in [6.07, 6.45) is -0.132. The number of likely N-dealkylation sites (tertiary alicyclic amines) is 1. The first-order valence-corrected chi connectivity index (χ1v) is 8.48. The van der Waals surface area contributed by atoms with Gasteiger partial charge in [-0.15, -0.1) is 11.3 Å². The van der Waals surface area contributed by atoms with Gasteiger partial charge in [0.15, 0.2) is 0 Å². The Labute approximate surface area is 138 Å². The quantitative estimate of drug-likeness (QED) is 0.847. The van der Waals surface area contributed by atoms with Crippen molar-refractivity contribution in [3.05, 3.63) is 52.0 Å². The third-order valence-corrected chi connectivity index (χ3v) is 5.40. The molecule has 4 nitrogen and oxygen atoms in total. The lowest BCUT2D eigenvalue weighted by Gasteiger charge is -2.25. The summed E-state index contributed by atoms with van der Waals surface area (Å²) >= 11 is 1.73. The molecule has 0 N–H and O–H groups in total. The standard InChI is InChI=1S/C17H17FN2O2S/c1-19-14-9-20(8-12-3-2-6-23-12)10-16(14)22-15-7-11(18)4-5-13(15)17(19)21/h2-7,14,16H,8-10H2,1H3/t14-,16+/m1/s1. The molecule has 23 heavy (non-hydrogen) atoms. The predicted octanol–water partition coefficient (Wildman–Crippen LogP) is 2.60. The second-order valence-corrected chi connectivity index (χ2v) is 7.09. The number of amides is 1. The van der Waals surface area contributed by atoms with Crippen LogP contribution >= 0.6 is 11.3 Å². The van der Waals surface area contributed by atoms with Crippen molar-refractivity contribution in [2.75, 3.05) is 20.1 Å². The molecule has 0 spiro atoms. The van der Waals surface area contributed by atoms with Crippen LogP contribution in [0.2, 0.25) is 0 Å². The van der Waals surface area contributed by atoms with E-state index >= 15 is 0 Å². The number of rotatable bonds is 2. The lowest BCUT2D eigenvalue weighted by Crippen LogP contribution is -2.44. The van der Waals surface area contributed by atoms with Gasteiger partial charge in [-0.2, -0.15) is 0 Å². The highest BCUT2D eigenvalue weighted by Crippen LogP contribution is 2.31. The maximum Gasteiger partial charge on any atom is 0.257 e. The van der Waals surface area contributed by atoms with E-state index in [9.17, 15) is 9.18 Å². The Morgan fingerprint density at radius 3 is 3.00 bits per heavy atom. The third-order valence-electron chi connectivity index (χ3n) is 4.54. The van der Waals surface area contributed by atoms with Gasteiger partial charge in [0.2, 0.25) is 0 Å². The number of nitrogens with zero attached hydrogens (tertiary/aromatic N) is 2. The molecule has 0 bridgehead atoms. The lowest BCUT2D eigenvalue weighted by molar-refractivity contribution is 0.0682. The van der Waals surface area contributed by atoms with Crippen LogP contribution in [0.3, 0.4) is 0 Å². The number of carbonyl (C=O) groups excluding carboxylic acids is 1. The van der Waals surface area contributed by atoms with Crippen LogP contribution in [0.4, 0.5) is 4.39 Å². The number of halogens is 1. The number of fused-ring (bicyclic) bond motifs is 2. The lowest BCUT2D eigenvalue weighted by atomic mass is 10.1. The van der Waals surface area contributed by atoms with Crippen molar-refractivity contribution in [3.8, 4) is 5.75 Å². The number of benzene rings is 1. The molecular weight excluding hydrogens is 315 g/mol. The summed E-state index contributed by atoms with van der Waals surface area (Å²) in [5.74, 6) is -0.135. The smallest absolute Gasteiger partial charge is 0.257 e. The Hall–Kier alpha value is -1.92. The Balaban J connectivity index is 1.60. The van der Waals surface area contributed by atoms with Gasteiger partial charge in [0.05, 0.1) is 11.6 Å². The van der Waals surface area contributed by atoms with E-state index in [2.05, 4.69) is 16.3 Å². The number of hydrogen-bond donors (Lipinski definition) is 0. The molecule has 1 fully saturated rings. The molecule has 1 aromatic heterocycles. The van der Waals surface area contributed by atoms with E-state index in [0.717, 1.165) is 19.6 Å². The van der Waals surface area contributed by atoms with Crippen molar-refractivity contribution in [1.82, 2.24) is 9.80 Å². The van der Waals surface area contributed by atoms with Gasteiger partial charge >= 0.3 is 0 Å². The fourth-order valence-electron chi connectivity index (χ4n) is 3.35. The summed E-state index contributed by atoms with van der Waals surface area (Å²) in [7, 11) is 1.80. The molecule has 1 amide bonds. The Morgan fingerprint density at radius 1 is 1.35 bits per heavy atom. The van der Waals surface area contributed by atoms with E-state index < -0.39 is 0 Å². The van der Waals surface area contributed by atoms with Crippen molar-refractivity contribution in [2.45, 2.75) is 18.7 Å². The normalized spacial score (nSPS) is 24.1. The predicted molar refractivity (Wildman–Crippen MR) is 86.3 cm³/mol. The van der Waals surface area contributed by atoms with Gasteiger partial charge < -0.3 is 9.64 Å². The van der Waals surface area contributed by atoms with Crippen LogP contribution in [-0.2, 0) is 6.54 Å². The van der Waals surface area contributed by atoms with Crippen LogP contribution < -0.4 is 4.74 Å². The summed E-state index contributed by atoms with van der Waals surface area (Å²) < 4.78 is 19.5. The number of hydrogen-bond acceptors (Lipinski definition) is 4. The number of ether oxygens (including phenoxy) is 1. The summed E-state index contributed by atoms with van der Waals surface area (Å²) in [5.41, 5.74) is 0.438. The molecule has 4 rings (SSSR count). The zero-order valence-electron chi connectivity index (χ0n) is 12.7. The van der Waals surface area contributed by atoms with Gasteiger partial charge in [0, 0.05) is 37.6 Å². The van der Waals surface area contributed by atoms with Gasteiger partial charge in [-0.05, 0) is 23.6 Å². The second-order valence-electron chi connectivity index (χ2n) is 6.05. The van der Waals surface area contributed by atoms with Crippen molar-refractivity contribution in [3.63, 3.8) is 0 Å². The first-order chi connectivity index (χ1) is 11.1. The molecule has 2 atom stereocenters. The zero-order valence-corrected chi connectivity index (χ0v) is 13.6. The van der Waals surface area contributed by atoms with Crippen molar-refractivity contribution >= 4 is 17.2 Å². The van der Waals surface area contributed by atoms with Crippen LogP contribution in [0, 0.1) is 5.82 Å². The molecule has 3 heterocycles. The SMILES string of the molecule is CN1C(=O)c2ccc(F)cc2O[C@H]2CN(Cc3cccs3)C[C@H]21. The molecule has 0 unspecified atom stereocenters. The van der Waals surface area contributed by atoms with Crippen molar-refractivity contribution < 1.29 is 13.9 Å². The Kier molecular flexibility index (Phi) is 3.58. The van der Waals surface area contributed by atoms with E-state index in [0.29, 0.717) is 11.3 Å². The zero-order chi connectivity index (χ0) is 16.0. The van der Waals surface area contributed by atoms with Crippen molar-refractivity contribution in [2.24, 2.45) is 0 Å². The fourth-order valence-corrected chi connectivity index (χ4v) is 4.09. The summed E-state index contributed by atoms with van der Waals surface area (Å²) in [6.45, 7) is 2.35. The molecule has 0 radical (unpaired) electrons. The number of thiophene rings is 1. The Bertz CT molecular complexity index is 734. The monoisotopic (exact) mass is 332 g/mol. The van der Waals surface area contributed by atoms with Crippen molar-refractivity contribution in [1.29, 1.82) is 0 Å². The number of carbonyl (C=O) groups is 1. The molecule has 0 aliphatic carbocycles. The summed E-state index contributed by atoms with van der Waals surface area (Å²) in [4.78, 5) is 17.9. The molecule has 0 saturated carbocycles. The maximum atomic E-state index is 13.5. The first-order valence-electron chi connectivity index (χ1n) is 7.60. The molecule has 6 heteroatoms. The minimum atomic E-state index is -0.383. The number of likely N-dealkylation sites (N-methyl/N-ethyl adjacent to an activating group) is 1. The minimum absolute atomic E-state index is 0.0158. The van der Waals surface area contributed by atoms with E-state index in [-0.39, 0.29) is 23.9 Å². The van der Waals surface area contributed by atoms with E-state index in [1.807, 2.05) is 6.07 Å². The highest BCUT2D eigenvalue weighted by Gasteiger charge is 2.42. The van der Waals surface area contributed by atoms with Crippen LogP contribution in [0.5, 0.6) is 5.75 Å². The summed E-state index contributed by atoms with van der Waals surface area (Å²) in [6, 6.07) is 8.26. The molecule has 2 aliphatic rings. The highest BCUT2D eigenvalue weighted by molar-refractivity contribution is 7.09.